The number of fused-ring (bicyclic) bond motifs is 1. The molecular weight excluding hydrogens is 442 g/mol. The van der Waals surface area contributed by atoms with Crippen molar-refractivity contribution in [3.05, 3.63) is 58.3 Å². The van der Waals surface area contributed by atoms with E-state index < -0.39 is 22.7 Å². The third-order valence-electron chi connectivity index (χ3n) is 6.35. The summed E-state index contributed by atoms with van der Waals surface area (Å²) in [5.41, 5.74) is 0.396. The molecule has 0 unspecified atom stereocenters. The summed E-state index contributed by atoms with van der Waals surface area (Å²) in [5.74, 6) is -1.57. The molecule has 1 fully saturated rings. The molecule has 0 radical (unpaired) electrons. The lowest BCUT2D eigenvalue weighted by Gasteiger charge is -2.41. The maximum Gasteiger partial charge on any atom is 0.410 e. The van der Waals surface area contributed by atoms with Crippen molar-refractivity contribution < 1.29 is 23.1 Å². The number of carbonyl (C=O) groups excluding carboxylic acids is 2. The third kappa shape index (κ3) is 4.19. The Bertz CT molecular complexity index is 1140. The van der Waals surface area contributed by atoms with E-state index in [1.807, 2.05) is 27.7 Å². The first kappa shape index (κ1) is 23.9. The molecule has 2 amide bonds. The van der Waals surface area contributed by atoms with Gasteiger partial charge in [0.05, 0.1) is 11.6 Å². The Hall–Kier alpha value is -3.23. The van der Waals surface area contributed by atoms with Crippen LogP contribution in [0.25, 0.3) is 0 Å². The highest BCUT2D eigenvalue weighted by molar-refractivity contribution is 5.98. The van der Waals surface area contributed by atoms with Crippen LogP contribution in [-0.4, -0.2) is 53.2 Å². The van der Waals surface area contributed by atoms with Gasteiger partial charge >= 0.3 is 6.09 Å². The number of amides is 2. The Morgan fingerprint density at radius 2 is 2.03 bits per heavy atom. The summed E-state index contributed by atoms with van der Waals surface area (Å²) in [4.78, 5) is 31.0. The Labute approximate surface area is 197 Å². The molecule has 1 atom stereocenters. The zero-order chi connectivity index (χ0) is 24.8. The first-order valence-electron chi connectivity index (χ1n) is 11.4. The molecule has 4 rings (SSSR count). The van der Waals surface area contributed by atoms with Crippen LogP contribution in [0.15, 0.2) is 24.4 Å². The highest BCUT2D eigenvalue weighted by atomic mass is 19.2. The van der Waals surface area contributed by atoms with Gasteiger partial charge in [-0.1, -0.05) is 19.1 Å². The second-order valence-corrected chi connectivity index (χ2v) is 10.1. The summed E-state index contributed by atoms with van der Waals surface area (Å²) < 4.78 is 34.4. The predicted octanol–water partition coefficient (Wildman–Crippen LogP) is 4.00. The standard InChI is InChI=1S/C25H30F2N4O3/c1-6-15-19-16(22(32)29-13-25(19,5)17-8-7-9-18(26)20(17)27)10-28-21(15)30-14-11-31(12-14)23(33)34-24(2,3)4/h7-10,14H,6,11-13H2,1-5H3,(H,28,30)(H,29,32)/t25-/m0/s1. The Kier molecular flexibility index (Phi) is 5.99. The average Bonchev–Trinajstić information content (AvgIpc) is 2.73. The van der Waals surface area contributed by atoms with Crippen molar-refractivity contribution in [2.75, 3.05) is 25.0 Å². The van der Waals surface area contributed by atoms with E-state index in [0.717, 1.165) is 11.6 Å². The molecule has 34 heavy (non-hydrogen) atoms. The van der Waals surface area contributed by atoms with Crippen LogP contribution in [-0.2, 0) is 16.6 Å². The molecule has 1 saturated heterocycles. The maximum atomic E-state index is 14.9. The number of carbonyl (C=O) groups is 2. The quantitative estimate of drug-likeness (QED) is 0.703. The number of hydrogen-bond donors (Lipinski definition) is 2. The highest BCUT2D eigenvalue weighted by Crippen LogP contribution is 2.42. The number of benzene rings is 1. The number of rotatable bonds is 4. The number of pyridine rings is 1. The summed E-state index contributed by atoms with van der Waals surface area (Å²) >= 11 is 0. The van der Waals surface area contributed by atoms with Crippen LogP contribution in [0, 0.1) is 11.6 Å². The summed E-state index contributed by atoms with van der Waals surface area (Å²) in [5, 5.41) is 6.16. The maximum absolute atomic E-state index is 14.9. The average molecular weight is 473 g/mol. The van der Waals surface area contributed by atoms with E-state index in [-0.39, 0.29) is 30.2 Å². The lowest BCUT2D eigenvalue weighted by Crippen LogP contribution is -2.58. The second-order valence-electron chi connectivity index (χ2n) is 10.1. The SMILES string of the molecule is CCc1c(NC2CN(C(=O)OC(C)(C)C)C2)ncc2c1[C@](C)(c1cccc(F)c1F)CNC2=O. The first-order chi connectivity index (χ1) is 15.9. The van der Waals surface area contributed by atoms with E-state index in [1.165, 1.54) is 12.3 Å². The number of halogens is 2. The normalized spacial score (nSPS) is 20.3. The van der Waals surface area contributed by atoms with Crippen molar-refractivity contribution >= 4 is 17.8 Å². The minimum Gasteiger partial charge on any atom is -0.444 e. The van der Waals surface area contributed by atoms with Gasteiger partial charge in [-0.15, -0.1) is 0 Å². The van der Waals surface area contributed by atoms with Crippen LogP contribution in [0.5, 0.6) is 0 Å². The fourth-order valence-corrected chi connectivity index (χ4v) is 4.66. The second kappa shape index (κ2) is 8.52. The van der Waals surface area contributed by atoms with Crippen LogP contribution in [0.4, 0.5) is 19.4 Å². The van der Waals surface area contributed by atoms with Crippen LogP contribution in [0.2, 0.25) is 0 Å². The molecule has 2 N–H and O–H groups in total. The van der Waals surface area contributed by atoms with Crippen molar-refractivity contribution in [2.24, 2.45) is 0 Å². The lowest BCUT2D eigenvalue weighted by atomic mass is 9.70. The van der Waals surface area contributed by atoms with Gasteiger partial charge in [0.1, 0.15) is 11.4 Å². The van der Waals surface area contributed by atoms with Gasteiger partial charge in [0.25, 0.3) is 5.91 Å². The fourth-order valence-electron chi connectivity index (χ4n) is 4.66. The van der Waals surface area contributed by atoms with E-state index in [4.69, 9.17) is 4.74 Å². The van der Waals surface area contributed by atoms with Crippen LogP contribution < -0.4 is 10.6 Å². The Morgan fingerprint density at radius 3 is 2.68 bits per heavy atom. The lowest BCUT2D eigenvalue weighted by molar-refractivity contribution is 0.0104. The minimum atomic E-state index is -0.984. The summed E-state index contributed by atoms with van der Waals surface area (Å²) in [6.45, 7) is 10.2. The van der Waals surface area contributed by atoms with Gasteiger partial charge in [-0.05, 0) is 51.3 Å². The molecular formula is C25H30F2N4O3. The number of hydrogen-bond acceptors (Lipinski definition) is 5. The molecule has 1 aromatic heterocycles. The number of anilines is 1. The molecule has 0 saturated carbocycles. The van der Waals surface area contributed by atoms with Gasteiger partial charge in [0.2, 0.25) is 0 Å². The van der Waals surface area contributed by atoms with Gasteiger partial charge in [-0.2, -0.15) is 0 Å². The van der Waals surface area contributed by atoms with Crippen molar-refractivity contribution in [2.45, 2.75) is 58.1 Å². The Balaban J connectivity index is 1.66. The van der Waals surface area contributed by atoms with E-state index in [9.17, 15) is 18.4 Å². The summed E-state index contributed by atoms with van der Waals surface area (Å²) in [6.07, 6.45) is 1.64. The molecule has 3 heterocycles. The van der Waals surface area contributed by atoms with Crippen molar-refractivity contribution in [3.8, 4) is 0 Å². The van der Waals surface area contributed by atoms with Gasteiger partial charge in [-0.25, -0.2) is 18.6 Å². The zero-order valence-corrected chi connectivity index (χ0v) is 20.1. The van der Waals surface area contributed by atoms with E-state index in [1.54, 1.807) is 17.9 Å². The van der Waals surface area contributed by atoms with Crippen LogP contribution >= 0.6 is 0 Å². The predicted molar refractivity (Wildman–Crippen MR) is 124 cm³/mol. The van der Waals surface area contributed by atoms with Gasteiger partial charge < -0.3 is 20.3 Å². The number of likely N-dealkylation sites (tertiary alicyclic amines) is 1. The summed E-state index contributed by atoms with van der Waals surface area (Å²) in [7, 11) is 0. The van der Waals surface area contributed by atoms with E-state index in [0.29, 0.717) is 36.5 Å². The molecule has 0 bridgehead atoms. The third-order valence-corrected chi connectivity index (χ3v) is 6.35. The molecule has 0 spiro atoms. The number of nitrogens with zero attached hydrogens (tertiary/aromatic N) is 2. The van der Waals surface area contributed by atoms with Crippen molar-refractivity contribution in [1.82, 2.24) is 15.2 Å². The molecule has 1 aromatic carbocycles. The number of aromatic nitrogens is 1. The first-order valence-corrected chi connectivity index (χ1v) is 11.4. The number of ether oxygens (including phenoxy) is 1. The monoisotopic (exact) mass is 472 g/mol. The highest BCUT2D eigenvalue weighted by Gasteiger charge is 2.42. The topological polar surface area (TPSA) is 83.6 Å². The minimum absolute atomic E-state index is 0.0436. The summed E-state index contributed by atoms with van der Waals surface area (Å²) in [6, 6.07) is 4.06. The molecule has 2 aliphatic rings. The Morgan fingerprint density at radius 1 is 1.32 bits per heavy atom. The fraction of sp³-hybridized carbons (Fsp3) is 0.480. The molecule has 0 aliphatic carbocycles. The molecule has 2 aromatic rings. The van der Waals surface area contributed by atoms with E-state index in [2.05, 4.69) is 15.6 Å². The van der Waals surface area contributed by atoms with Gasteiger partial charge in [0.15, 0.2) is 11.6 Å². The van der Waals surface area contributed by atoms with Gasteiger partial charge in [-0.3, -0.25) is 4.79 Å². The number of nitrogens with one attached hydrogen (secondary N) is 2. The molecule has 2 aliphatic heterocycles. The van der Waals surface area contributed by atoms with Gasteiger partial charge in [0, 0.05) is 36.8 Å². The van der Waals surface area contributed by atoms with Crippen molar-refractivity contribution in [3.63, 3.8) is 0 Å². The largest absolute Gasteiger partial charge is 0.444 e. The smallest absolute Gasteiger partial charge is 0.410 e. The van der Waals surface area contributed by atoms with Crippen molar-refractivity contribution in [1.29, 1.82) is 0 Å². The van der Waals surface area contributed by atoms with E-state index >= 15 is 0 Å². The van der Waals surface area contributed by atoms with Crippen LogP contribution in [0.1, 0.15) is 61.7 Å². The molecule has 182 valence electrons. The molecule has 7 nitrogen and oxygen atoms in total. The zero-order valence-electron chi connectivity index (χ0n) is 20.1. The van der Waals surface area contributed by atoms with Crippen LogP contribution in [0.3, 0.4) is 0 Å². The molecule has 9 heteroatoms.